The normalized spacial score (nSPS) is 14.3. The van der Waals surface area contributed by atoms with Crippen molar-refractivity contribution in [3.8, 4) is 11.3 Å². The Bertz CT molecular complexity index is 1410. The molecule has 0 bridgehead atoms. The van der Waals surface area contributed by atoms with E-state index in [1.165, 1.54) is 11.3 Å². The van der Waals surface area contributed by atoms with Crippen molar-refractivity contribution < 1.29 is 9.59 Å². The summed E-state index contributed by atoms with van der Waals surface area (Å²) in [6, 6.07) is 27.6. The molecule has 0 atom stereocenters. The van der Waals surface area contributed by atoms with Crippen molar-refractivity contribution >= 4 is 34.5 Å². The lowest BCUT2D eigenvalue weighted by molar-refractivity contribution is -0.148. The SMILES string of the molecule is CN(C)c1ccc(NC(=O)C2(N(Cc3nc(-c4ccccc4)cs3)C(=O)Cc3ccccc3)CCCCC2)cc1. The number of hydrogen-bond acceptors (Lipinski definition) is 5. The van der Waals surface area contributed by atoms with Crippen LogP contribution in [0.25, 0.3) is 11.3 Å². The average Bonchev–Trinajstić information content (AvgIpc) is 3.46. The molecule has 206 valence electrons. The number of nitrogens with zero attached hydrogens (tertiary/aromatic N) is 3. The van der Waals surface area contributed by atoms with E-state index in [0.717, 1.165) is 52.5 Å². The summed E-state index contributed by atoms with van der Waals surface area (Å²) in [5.74, 6) is -0.172. The van der Waals surface area contributed by atoms with E-state index in [1.54, 1.807) is 0 Å². The number of anilines is 2. The van der Waals surface area contributed by atoms with E-state index in [9.17, 15) is 9.59 Å². The van der Waals surface area contributed by atoms with E-state index in [0.29, 0.717) is 19.4 Å². The van der Waals surface area contributed by atoms with Gasteiger partial charge in [0.05, 0.1) is 18.7 Å². The van der Waals surface area contributed by atoms with Crippen molar-refractivity contribution in [3.05, 3.63) is 101 Å². The first-order valence-electron chi connectivity index (χ1n) is 13.9. The first kappa shape index (κ1) is 27.6. The van der Waals surface area contributed by atoms with Crippen LogP contribution in [0.4, 0.5) is 11.4 Å². The minimum Gasteiger partial charge on any atom is -0.378 e. The van der Waals surface area contributed by atoms with Gasteiger partial charge < -0.3 is 15.1 Å². The molecule has 1 aliphatic rings. The number of benzene rings is 3. The summed E-state index contributed by atoms with van der Waals surface area (Å²) < 4.78 is 0. The highest BCUT2D eigenvalue weighted by molar-refractivity contribution is 7.09. The summed E-state index contributed by atoms with van der Waals surface area (Å²) in [6.45, 7) is 0.302. The standard InChI is InChI=1S/C33H36N4O2S/c1-36(2)28-18-16-27(17-19-28)34-32(39)33(20-10-5-11-21-33)37(31(38)22-25-12-6-3-7-13-25)23-30-35-29(24-40-30)26-14-8-4-9-15-26/h3-4,6-9,12-19,24H,5,10-11,20-23H2,1-2H3,(H,34,39). The van der Waals surface area contributed by atoms with E-state index in [2.05, 4.69) is 5.32 Å². The van der Waals surface area contributed by atoms with Gasteiger partial charge in [0.1, 0.15) is 10.5 Å². The van der Waals surface area contributed by atoms with E-state index in [-0.39, 0.29) is 18.2 Å². The summed E-state index contributed by atoms with van der Waals surface area (Å²) in [7, 11) is 3.98. The van der Waals surface area contributed by atoms with Crippen molar-refractivity contribution in [1.82, 2.24) is 9.88 Å². The molecule has 0 radical (unpaired) electrons. The summed E-state index contributed by atoms with van der Waals surface area (Å²) in [5, 5.41) is 6.03. The van der Waals surface area contributed by atoms with Crippen LogP contribution < -0.4 is 10.2 Å². The van der Waals surface area contributed by atoms with Crippen LogP contribution in [-0.4, -0.2) is 41.3 Å². The molecule has 0 aliphatic heterocycles. The first-order chi connectivity index (χ1) is 19.4. The molecule has 0 saturated heterocycles. The molecule has 1 heterocycles. The number of hydrogen-bond donors (Lipinski definition) is 1. The van der Waals surface area contributed by atoms with Crippen molar-refractivity contribution in [3.63, 3.8) is 0 Å². The summed E-state index contributed by atoms with van der Waals surface area (Å²) in [4.78, 5) is 37.0. The molecular formula is C33H36N4O2S. The third-order valence-electron chi connectivity index (χ3n) is 7.68. The third kappa shape index (κ3) is 6.26. The van der Waals surface area contributed by atoms with Crippen LogP contribution in [0, 0.1) is 0 Å². The van der Waals surface area contributed by atoms with Gasteiger partial charge >= 0.3 is 0 Å². The van der Waals surface area contributed by atoms with Crippen LogP contribution >= 0.6 is 11.3 Å². The Kier molecular flexibility index (Phi) is 8.60. The van der Waals surface area contributed by atoms with Crippen molar-refractivity contribution in [1.29, 1.82) is 0 Å². The van der Waals surface area contributed by atoms with Gasteiger partial charge in [-0.25, -0.2) is 4.98 Å². The predicted octanol–water partition coefficient (Wildman–Crippen LogP) is 6.79. The lowest BCUT2D eigenvalue weighted by Gasteiger charge is -2.45. The van der Waals surface area contributed by atoms with Crippen LogP contribution in [0.2, 0.25) is 0 Å². The molecule has 7 heteroatoms. The van der Waals surface area contributed by atoms with Gasteiger partial charge in [0.25, 0.3) is 0 Å². The average molecular weight is 553 g/mol. The monoisotopic (exact) mass is 552 g/mol. The second-order valence-electron chi connectivity index (χ2n) is 10.6. The summed E-state index contributed by atoms with van der Waals surface area (Å²) in [6.07, 6.45) is 4.36. The van der Waals surface area contributed by atoms with E-state index < -0.39 is 5.54 Å². The molecule has 5 rings (SSSR count). The Morgan fingerprint density at radius 2 is 1.52 bits per heavy atom. The second-order valence-corrected chi connectivity index (χ2v) is 11.6. The molecule has 4 aromatic rings. The second kappa shape index (κ2) is 12.5. The fourth-order valence-electron chi connectivity index (χ4n) is 5.45. The maximum atomic E-state index is 14.2. The highest BCUT2D eigenvalue weighted by atomic mass is 32.1. The zero-order valence-electron chi connectivity index (χ0n) is 23.2. The van der Waals surface area contributed by atoms with Crippen molar-refractivity contribution in [2.24, 2.45) is 0 Å². The van der Waals surface area contributed by atoms with Crippen molar-refractivity contribution in [2.75, 3.05) is 24.3 Å². The number of aromatic nitrogens is 1. The van der Waals surface area contributed by atoms with Gasteiger partial charge in [-0.05, 0) is 42.7 Å². The molecule has 1 aliphatic carbocycles. The molecule has 1 fully saturated rings. The first-order valence-corrected chi connectivity index (χ1v) is 14.8. The van der Waals surface area contributed by atoms with Gasteiger partial charge in [-0.15, -0.1) is 11.3 Å². The zero-order valence-corrected chi connectivity index (χ0v) is 24.0. The molecule has 2 amide bonds. The topological polar surface area (TPSA) is 65.5 Å². The minimum atomic E-state index is -0.942. The molecule has 1 aromatic heterocycles. The molecular weight excluding hydrogens is 516 g/mol. The predicted molar refractivity (Wildman–Crippen MR) is 163 cm³/mol. The van der Waals surface area contributed by atoms with Crippen LogP contribution in [0.3, 0.4) is 0 Å². The Morgan fingerprint density at radius 1 is 0.875 bits per heavy atom. The fraction of sp³-hybridized carbons (Fsp3) is 0.303. The lowest BCUT2D eigenvalue weighted by Crippen LogP contribution is -2.60. The Labute approximate surface area is 240 Å². The molecule has 40 heavy (non-hydrogen) atoms. The van der Waals surface area contributed by atoms with E-state index >= 15 is 0 Å². The molecule has 3 aromatic carbocycles. The number of rotatable bonds is 9. The maximum absolute atomic E-state index is 14.2. The van der Waals surface area contributed by atoms with Crippen molar-refractivity contribution in [2.45, 2.75) is 50.6 Å². The number of thiazole rings is 1. The van der Waals surface area contributed by atoms with Gasteiger partial charge in [0, 0.05) is 36.4 Å². The largest absolute Gasteiger partial charge is 0.378 e. The highest BCUT2D eigenvalue weighted by Gasteiger charge is 2.47. The van der Waals surface area contributed by atoms with E-state index in [1.807, 2.05) is 114 Å². The molecule has 0 spiro atoms. The Morgan fingerprint density at radius 3 is 2.17 bits per heavy atom. The van der Waals surface area contributed by atoms with Crippen LogP contribution in [-0.2, 0) is 22.6 Å². The quantitative estimate of drug-likeness (QED) is 0.248. The molecule has 6 nitrogen and oxygen atoms in total. The van der Waals surface area contributed by atoms with Gasteiger partial charge in [-0.3, -0.25) is 9.59 Å². The van der Waals surface area contributed by atoms with Gasteiger partial charge in [-0.2, -0.15) is 0 Å². The Balaban J connectivity index is 1.47. The number of carbonyl (C=O) groups excluding carboxylic acids is 2. The fourth-order valence-corrected chi connectivity index (χ4v) is 6.24. The molecule has 1 N–H and O–H groups in total. The smallest absolute Gasteiger partial charge is 0.250 e. The number of carbonyl (C=O) groups is 2. The minimum absolute atomic E-state index is 0.0531. The highest BCUT2D eigenvalue weighted by Crippen LogP contribution is 2.37. The van der Waals surface area contributed by atoms with Gasteiger partial charge in [0.2, 0.25) is 11.8 Å². The third-order valence-corrected chi connectivity index (χ3v) is 8.51. The van der Waals surface area contributed by atoms with E-state index in [4.69, 9.17) is 4.98 Å². The van der Waals surface area contributed by atoms with Crippen LogP contribution in [0.5, 0.6) is 0 Å². The lowest BCUT2D eigenvalue weighted by atomic mass is 9.79. The number of amides is 2. The molecule has 0 unspecified atom stereocenters. The zero-order chi connectivity index (χ0) is 28.0. The summed E-state index contributed by atoms with van der Waals surface area (Å²) >= 11 is 1.54. The Hall–Kier alpha value is -3.97. The summed E-state index contributed by atoms with van der Waals surface area (Å²) in [5.41, 5.74) is 3.72. The maximum Gasteiger partial charge on any atom is 0.250 e. The van der Waals surface area contributed by atoms with Crippen LogP contribution in [0.1, 0.15) is 42.7 Å². The van der Waals surface area contributed by atoms with Gasteiger partial charge in [-0.1, -0.05) is 79.9 Å². The molecule has 1 saturated carbocycles. The number of nitrogens with one attached hydrogen (secondary N) is 1. The van der Waals surface area contributed by atoms with Gasteiger partial charge in [0.15, 0.2) is 0 Å². The van der Waals surface area contributed by atoms with Crippen LogP contribution in [0.15, 0.2) is 90.3 Å².